The fourth-order valence-corrected chi connectivity index (χ4v) is 2.11. The summed E-state index contributed by atoms with van der Waals surface area (Å²) in [7, 11) is 1.83. The average molecular weight is 295 g/mol. The van der Waals surface area contributed by atoms with Gasteiger partial charge in [0.05, 0.1) is 0 Å². The van der Waals surface area contributed by atoms with E-state index in [1.807, 2.05) is 19.4 Å². The van der Waals surface area contributed by atoms with E-state index in [0.29, 0.717) is 12.5 Å². The van der Waals surface area contributed by atoms with Crippen molar-refractivity contribution in [2.24, 2.45) is 0 Å². The van der Waals surface area contributed by atoms with Crippen molar-refractivity contribution in [1.29, 1.82) is 0 Å². The quantitative estimate of drug-likeness (QED) is 0.385. The lowest BCUT2D eigenvalue weighted by atomic mass is 10.3. The van der Waals surface area contributed by atoms with Gasteiger partial charge in [0.1, 0.15) is 11.6 Å². The van der Waals surface area contributed by atoms with Crippen molar-refractivity contribution < 1.29 is 4.79 Å². The van der Waals surface area contributed by atoms with Crippen molar-refractivity contribution in [2.75, 3.05) is 30.5 Å². The molecule has 6 nitrogen and oxygen atoms in total. The Labute approximate surface area is 123 Å². The SMILES string of the molecule is CNc1cc(NCCCC(=O)NC2CC2)nc(SC)n1. The van der Waals surface area contributed by atoms with Crippen LogP contribution in [0.5, 0.6) is 0 Å². The van der Waals surface area contributed by atoms with Gasteiger partial charge in [-0.15, -0.1) is 0 Å². The molecule has 20 heavy (non-hydrogen) atoms. The molecule has 3 N–H and O–H groups in total. The lowest BCUT2D eigenvalue weighted by Gasteiger charge is -2.09. The van der Waals surface area contributed by atoms with Gasteiger partial charge in [-0.2, -0.15) is 0 Å². The Balaban J connectivity index is 1.73. The van der Waals surface area contributed by atoms with Crippen LogP contribution in [0.15, 0.2) is 11.2 Å². The van der Waals surface area contributed by atoms with Crippen LogP contribution in [0.4, 0.5) is 11.6 Å². The monoisotopic (exact) mass is 295 g/mol. The van der Waals surface area contributed by atoms with Crippen molar-refractivity contribution >= 4 is 29.3 Å². The fraction of sp³-hybridized carbons (Fsp3) is 0.615. The summed E-state index contributed by atoms with van der Waals surface area (Å²) in [4.78, 5) is 20.2. The third-order valence-corrected chi connectivity index (χ3v) is 3.52. The van der Waals surface area contributed by atoms with Gasteiger partial charge in [-0.1, -0.05) is 11.8 Å². The highest BCUT2D eigenvalue weighted by molar-refractivity contribution is 7.98. The van der Waals surface area contributed by atoms with E-state index in [9.17, 15) is 4.79 Å². The largest absolute Gasteiger partial charge is 0.373 e. The predicted molar refractivity (Wildman–Crippen MR) is 82.2 cm³/mol. The van der Waals surface area contributed by atoms with Crippen molar-refractivity contribution in [3.05, 3.63) is 6.07 Å². The van der Waals surface area contributed by atoms with E-state index < -0.39 is 0 Å². The molecule has 1 fully saturated rings. The molecule has 1 heterocycles. The molecule has 2 rings (SSSR count). The Morgan fingerprint density at radius 1 is 1.40 bits per heavy atom. The summed E-state index contributed by atoms with van der Waals surface area (Å²) in [6.07, 6.45) is 5.57. The molecule has 0 unspecified atom stereocenters. The van der Waals surface area contributed by atoms with Crippen LogP contribution < -0.4 is 16.0 Å². The van der Waals surface area contributed by atoms with Gasteiger partial charge in [-0.25, -0.2) is 9.97 Å². The number of hydrogen-bond donors (Lipinski definition) is 3. The Bertz CT molecular complexity index is 442. The molecule has 0 aromatic carbocycles. The first kappa shape index (κ1) is 14.9. The molecule has 0 aliphatic heterocycles. The number of carbonyl (C=O) groups is 1. The summed E-state index contributed by atoms with van der Waals surface area (Å²) in [5.74, 6) is 1.73. The number of nitrogens with one attached hydrogen (secondary N) is 3. The molecule has 7 heteroatoms. The Morgan fingerprint density at radius 2 is 2.15 bits per heavy atom. The molecule has 0 bridgehead atoms. The van der Waals surface area contributed by atoms with Crippen molar-refractivity contribution in [3.63, 3.8) is 0 Å². The van der Waals surface area contributed by atoms with Crippen LogP contribution in [0.3, 0.4) is 0 Å². The minimum atomic E-state index is 0.151. The minimum absolute atomic E-state index is 0.151. The second-order valence-electron chi connectivity index (χ2n) is 4.75. The Hall–Kier alpha value is -1.50. The van der Waals surface area contributed by atoms with Crippen LogP contribution in [-0.4, -0.2) is 41.8 Å². The first-order valence-corrected chi connectivity index (χ1v) is 8.08. The molecule has 1 aliphatic rings. The number of amides is 1. The van der Waals surface area contributed by atoms with Crippen LogP contribution in [0.2, 0.25) is 0 Å². The predicted octanol–water partition coefficient (Wildman–Crippen LogP) is 1.71. The smallest absolute Gasteiger partial charge is 0.220 e. The summed E-state index contributed by atoms with van der Waals surface area (Å²) >= 11 is 1.50. The van der Waals surface area contributed by atoms with Crippen LogP contribution >= 0.6 is 11.8 Å². The van der Waals surface area contributed by atoms with Crippen molar-refractivity contribution in [1.82, 2.24) is 15.3 Å². The van der Waals surface area contributed by atoms with E-state index in [1.54, 1.807) is 0 Å². The maximum Gasteiger partial charge on any atom is 0.220 e. The molecule has 1 saturated carbocycles. The minimum Gasteiger partial charge on any atom is -0.373 e. The molecule has 1 amide bonds. The van der Waals surface area contributed by atoms with Crippen LogP contribution in [0.1, 0.15) is 25.7 Å². The zero-order valence-corrected chi connectivity index (χ0v) is 12.7. The van der Waals surface area contributed by atoms with Gasteiger partial charge in [-0.3, -0.25) is 4.79 Å². The van der Waals surface area contributed by atoms with Crippen molar-refractivity contribution in [3.8, 4) is 0 Å². The number of aromatic nitrogens is 2. The summed E-state index contributed by atoms with van der Waals surface area (Å²) in [6.45, 7) is 0.728. The van der Waals surface area contributed by atoms with E-state index in [4.69, 9.17) is 0 Å². The first-order chi connectivity index (χ1) is 9.71. The Kier molecular flexibility index (Phi) is 5.46. The molecule has 0 saturated heterocycles. The second kappa shape index (κ2) is 7.33. The normalized spacial score (nSPS) is 13.9. The maximum absolute atomic E-state index is 11.5. The highest BCUT2D eigenvalue weighted by Crippen LogP contribution is 2.19. The van der Waals surface area contributed by atoms with E-state index in [-0.39, 0.29) is 5.91 Å². The molecule has 0 radical (unpaired) electrons. The van der Waals surface area contributed by atoms with Gasteiger partial charge in [0, 0.05) is 32.1 Å². The summed E-state index contributed by atoms with van der Waals surface area (Å²) in [5, 5.41) is 9.96. The maximum atomic E-state index is 11.5. The van der Waals surface area contributed by atoms with Crippen LogP contribution in [-0.2, 0) is 4.79 Å². The highest BCUT2D eigenvalue weighted by Gasteiger charge is 2.22. The number of nitrogens with zero attached hydrogens (tertiary/aromatic N) is 2. The van der Waals surface area contributed by atoms with Crippen LogP contribution in [0.25, 0.3) is 0 Å². The average Bonchev–Trinajstić information content (AvgIpc) is 3.27. The lowest BCUT2D eigenvalue weighted by molar-refractivity contribution is -0.121. The van der Waals surface area contributed by atoms with Gasteiger partial charge < -0.3 is 16.0 Å². The number of thioether (sulfide) groups is 1. The molecular weight excluding hydrogens is 274 g/mol. The Morgan fingerprint density at radius 3 is 2.80 bits per heavy atom. The summed E-state index contributed by atoms with van der Waals surface area (Å²) in [5.41, 5.74) is 0. The molecule has 110 valence electrons. The topological polar surface area (TPSA) is 78.9 Å². The van der Waals surface area contributed by atoms with Gasteiger partial charge in [0.2, 0.25) is 5.91 Å². The van der Waals surface area contributed by atoms with E-state index >= 15 is 0 Å². The van der Waals surface area contributed by atoms with Crippen LogP contribution in [0, 0.1) is 0 Å². The number of carbonyl (C=O) groups excluding carboxylic acids is 1. The molecule has 1 aromatic heterocycles. The van der Waals surface area contributed by atoms with E-state index in [1.165, 1.54) is 11.8 Å². The third kappa shape index (κ3) is 4.88. The first-order valence-electron chi connectivity index (χ1n) is 6.85. The molecule has 1 aliphatic carbocycles. The highest BCUT2D eigenvalue weighted by atomic mass is 32.2. The molecule has 0 atom stereocenters. The van der Waals surface area contributed by atoms with Crippen molar-refractivity contribution in [2.45, 2.75) is 36.9 Å². The fourth-order valence-electron chi connectivity index (χ4n) is 1.73. The second-order valence-corrected chi connectivity index (χ2v) is 5.52. The molecule has 0 spiro atoms. The third-order valence-electron chi connectivity index (χ3n) is 2.97. The van der Waals surface area contributed by atoms with Gasteiger partial charge in [0.25, 0.3) is 0 Å². The standard InChI is InChI=1S/C13H21N5OS/c1-14-10-8-11(18-13(17-10)20-2)15-7-3-4-12(19)16-9-5-6-9/h8-9H,3-7H2,1-2H3,(H,16,19)(H2,14,15,17,18). The zero-order chi connectivity index (χ0) is 14.4. The molecular formula is C13H21N5OS. The van der Waals surface area contributed by atoms with Gasteiger partial charge in [-0.05, 0) is 25.5 Å². The number of rotatable bonds is 8. The van der Waals surface area contributed by atoms with Gasteiger partial charge in [0.15, 0.2) is 5.16 Å². The lowest BCUT2D eigenvalue weighted by Crippen LogP contribution is -2.25. The van der Waals surface area contributed by atoms with E-state index in [0.717, 1.165) is 42.6 Å². The number of hydrogen-bond acceptors (Lipinski definition) is 6. The number of anilines is 2. The summed E-state index contributed by atoms with van der Waals surface area (Å²) < 4.78 is 0. The van der Waals surface area contributed by atoms with Gasteiger partial charge >= 0.3 is 0 Å². The summed E-state index contributed by atoms with van der Waals surface area (Å²) in [6, 6.07) is 2.31. The molecule has 1 aromatic rings. The zero-order valence-electron chi connectivity index (χ0n) is 11.9. The van der Waals surface area contributed by atoms with E-state index in [2.05, 4.69) is 25.9 Å².